The Morgan fingerprint density at radius 3 is 2.75 bits per heavy atom. The Labute approximate surface area is 120 Å². The molecule has 1 aromatic carbocycles. The zero-order chi connectivity index (χ0) is 14.3. The molecule has 20 heavy (non-hydrogen) atoms. The van der Waals surface area contributed by atoms with E-state index < -0.39 is 0 Å². The molecule has 0 aliphatic carbocycles. The Kier molecular flexibility index (Phi) is 3.26. The van der Waals surface area contributed by atoms with E-state index in [0.717, 1.165) is 29.7 Å². The molecule has 1 aliphatic heterocycles. The summed E-state index contributed by atoms with van der Waals surface area (Å²) in [7, 11) is 4.32. The minimum atomic E-state index is 0.597. The Balaban J connectivity index is 2.02. The minimum Gasteiger partial charge on any atom is -0.397 e. The maximum atomic E-state index is 6.04. The van der Waals surface area contributed by atoms with Crippen LogP contribution in [-0.4, -0.2) is 43.1 Å². The number of hydrogen-bond acceptors (Lipinski definition) is 4. The van der Waals surface area contributed by atoms with E-state index in [-0.39, 0.29) is 0 Å². The number of benzene rings is 1. The minimum absolute atomic E-state index is 0.597. The van der Waals surface area contributed by atoms with Crippen LogP contribution in [0.2, 0.25) is 0 Å². The molecule has 1 fully saturated rings. The van der Waals surface area contributed by atoms with E-state index in [0.29, 0.717) is 12.0 Å². The standard InChI is InChI=1S/C16H22N4/c1-11-9-20(10-15(11)19(2)3)14-7-6-13(17)16-12(14)5-4-8-18-16/h4-8,11,15H,9-10,17H2,1-3H3. The molecule has 0 amide bonds. The first-order valence-electron chi connectivity index (χ1n) is 7.12. The SMILES string of the molecule is CC1CN(c2ccc(N)c3ncccc23)CC1N(C)C. The van der Waals surface area contributed by atoms with Crippen molar-refractivity contribution in [2.24, 2.45) is 5.92 Å². The molecule has 4 nitrogen and oxygen atoms in total. The second-order valence-corrected chi connectivity index (χ2v) is 5.99. The highest BCUT2D eigenvalue weighted by Crippen LogP contribution is 2.33. The van der Waals surface area contributed by atoms with Gasteiger partial charge in [0, 0.05) is 36.4 Å². The zero-order valence-electron chi connectivity index (χ0n) is 12.4. The molecule has 4 heteroatoms. The van der Waals surface area contributed by atoms with Gasteiger partial charge in [0.2, 0.25) is 0 Å². The van der Waals surface area contributed by atoms with Gasteiger partial charge in [0.15, 0.2) is 0 Å². The molecule has 1 aliphatic rings. The molecule has 1 aromatic heterocycles. The predicted molar refractivity (Wildman–Crippen MR) is 85.0 cm³/mol. The molecule has 2 atom stereocenters. The highest BCUT2D eigenvalue weighted by molar-refractivity contribution is 5.98. The van der Waals surface area contributed by atoms with Crippen LogP contribution in [-0.2, 0) is 0 Å². The lowest BCUT2D eigenvalue weighted by Crippen LogP contribution is -2.34. The van der Waals surface area contributed by atoms with Crippen molar-refractivity contribution in [2.75, 3.05) is 37.8 Å². The summed E-state index contributed by atoms with van der Waals surface area (Å²) in [4.78, 5) is 9.20. The van der Waals surface area contributed by atoms with Gasteiger partial charge in [-0.25, -0.2) is 0 Å². The number of rotatable bonds is 2. The van der Waals surface area contributed by atoms with Gasteiger partial charge in [0.1, 0.15) is 0 Å². The number of aromatic nitrogens is 1. The number of likely N-dealkylation sites (N-methyl/N-ethyl adjacent to an activating group) is 1. The molecule has 0 saturated carbocycles. The molecule has 0 radical (unpaired) electrons. The topological polar surface area (TPSA) is 45.4 Å². The van der Waals surface area contributed by atoms with Gasteiger partial charge in [-0.15, -0.1) is 0 Å². The van der Waals surface area contributed by atoms with Gasteiger partial charge < -0.3 is 15.5 Å². The van der Waals surface area contributed by atoms with Crippen LogP contribution < -0.4 is 10.6 Å². The van der Waals surface area contributed by atoms with E-state index in [9.17, 15) is 0 Å². The number of nitrogens with zero attached hydrogens (tertiary/aromatic N) is 3. The molecule has 0 spiro atoms. The average Bonchev–Trinajstić information content (AvgIpc) is 2.81. The first-order valence-corrected chi connectivity index (χ1v) is 7.12. The van der Waals surface area contributed by atoms with Gasteiger partial charge in [0.05, 0.1) is 11.2 Å². The van der Waals surface area contributed by atoms with Crippen LogP contribution in [0.4, 0.5) is 11.4 Å². The summed E-state index contributed by atoms with van der Waals surface area (Å²) in [6, 6.07) is 8.79. The van der Waals surface area contributed by atoms with Crippen molar-refractivity contribution in [3.05, 3.63) is 30.5 Å². The lowest BCUT2D eigenvalue weighted by molar-refractivity contribution is 0.266. The Morgan fingerprint density at radius 2 is 2.05 bits per heavy atom. The highest BCUT2D eigenvalue weighted by atomic mass is 15.2. The molecule has 2 N–H and O–H groups in total. The maximum absolute atomic E-state index is 6.04. The molecular formula is C16H22N4. The van der Waals surface area contributed by atoms with Gasteiger partial charge in [-0.2, -0.15) is 0 Å². The van der Waals surface area contributed by atoms with E-state index in [2.05, 4.69) is 47.9 Å². The van der Waals surface area contributed by atoms with E-state index >= 15 is 0 Å². The van der Waals surface area contributed by atoms with Crippen molar-refractivity contribution in [3.63, 3.8) is 0 Å². The fourth-order valence-corrected chi connectivity index (χ4v) is 3.27. The first-order chi connectivity index (χ1) is 9.58. The monoisotopic (exact) mass is 270 g/mol. The highest BCUT2D eigenvalue weighted by Gasteiger charge is 2.31. The number of fused-ring (bicyclic) bond motifs is 1. The summed E-state index contributed by atoms with van der Waals surface area (Å²) in [6.45, 7) is 4.46. The number of hydrogen-bond donors (Lipinski definition) is 1. The van der Waals surface area contributed by atoms with Gasteiger partial charge in [-0.1, -0.05) is 6.92 Å². The van der Waals surface area contributed by atoms with E-state index in [1.807, 2.05) is 12.1 Å². The fraction of sp³-hybridized carbons (Fsp3) is 0.438. The second kappa shape index (κ2) is 4.94. The molecule has 3 rings (SSSR count). The summed E-state index contributed by atoms with van der Waals surface area (Å²) in [5.74, 6) is 0.661. The van der Waals surface area contributed by atoms with Gasteiger partial charge in [-0.3, -0.25) is 4.98 Å². The van der Waals surface area contributed by atoms with E-state index in [4.69, 9.17) is 5.73 Å². The molecule has 0 bridgehead atoms. The third-order valence-electron chi connectivity index (χ3n) is 4.35. The number of nitrogen functional groups attached to an aromatic ring is 1. The van der Waals surface area contributed by atoms with Crippen LogP contribution in [0.15, 0.2) is 30.5 Å². The van der Waals surface area contributed by atoms with Crippen molar-refractivity contribution in [1.82, 2.24) is 9.88 Å². The molecule has 2 heterocycles. The Hall–Kier alpha value is -1.81. The first kappa shape index (κ1) is 13.2. The van der Waals surface area contributed by atoms with Crippen LogP contribution in [0, 0.1) is 5.92 Å². The number of nitrogens with two attached hydrogens (primary N) is 1. The normalized spacial score (nSPS) is 22.9. The zero-order valence-corrected chi connectivity index (χ0v) is 12.4. The lowest BCUT2D eigenvalue weighted by atomic mass is 10.1. The molecule has 1 saturated heterocycles. The summed E-state index contributed by atoms with van der Waals surface area (Å²) in [5, 5.41) is 1.15. The maximum Gasteiger partial charge on any atom is 0.0951 e. The van der Waals surface area contributed by atoms with E-state index in [1.54, 1.807) is 6.20 Å². The van der Waals surface area contributed by atoms with Crippen LogP contribution in [0.25, 0.3) is 10.9 Å². The van der Waals surface area contributed by atoms with E-state index in [1.165, 1.54) is 5.69 Å². The average molecular weight is 270 g/mol. The lowest BCUT2D eigenvalue weighted by Gasteiger charge is -2.23. The van der Waals surface area contributed by atoms with Gasteiger partial charge in [0.25, 0.3) is 0 Å². The quantitative estimate of drug-likeness (QED) is 0.850. The van der Waals surface area contributed by atoms with Crippen LogP contribution in [0.3, 0.4) is 0 Å². The largest absolute Gasteiger partial charge is 0.397 e. The smallest absolute Gasteiger partial charge is 0.0951 e. The molecule has 2 unspecified atom stereocenters. The Bertz CT molecular complexity index is 623. The third-order valence-corrected chi connectivity index (χ3v) is 4.35. The third kappa shape index (κ3) is 2.10. The fourth-order valence-electron chi connectivity index (χ4n) is 3.27. The predicted octanol–water partition coefficient (Wildman–Crippen LogP) is 2.20. The summed E-state index contributed by atoms with van der Waals surface area (Å²) < 4.78 is 0. The molecular weight excluding hydrogens is 248 g/mol. The Morgan fingerprint density at radius 1 is 1.25 bits per heavy atom. The van der Waals surface area contributed by atoms with Gasteiger partial charge >= 0.3 is 0 Å². The van der Waals surface area contributed by atoms with Crippen molar-refractivity contribution >= 4 is 22.3 Å². The molecule has 106 valence electrons. The number of anilines is 2. The van der Waals surface area contributed by atoms with Crippen molar-refractivity contribution in [3.8, 4) is 0 Å². The molecule has 2 aromatic rings. The number of pyridine rings is 1. The summed E-state index contributed by atoms with van der Waals surface area (Å²) in [5.41, 5.74) is 8.94. The summed E-state index contributed by atoms with van der Waals surface area (Å²) >= 11 is 0. The van der Waals surface area contributed by atoms with Crippen LogP contribution in [0.5, 0.6) is 0 Å². The van der Waals surface area contributed by atoms with Crippen molar-refractivity contribution < 1.29 is 0 Å². The van der Waals surface area contributed by atoms with Crippen LogP contribution >= 0.6 is 0 Å². The summed E-state index contributed by atoms with van der Waals surface area (Å²) in [6.07, 6.45) is 1.80. The van der Waals surface area contributed by atoms with Crippen molar-refractivity contribution in [1.29, 1.82) is 0 Å². The van der Waals surface area contributed by atoms with Crippen molar-refractivity contribution in [2.45, 2.75) is 13.0 Å². The second-order valence-electron chi connectivity index (χ2n) is 5.99. The van der Waals surface area contributed by atoms with Gasteiger partial charge in [-0.05, 0) is 44.3 Å². The van der Waals surface area contributed by atoms with Crippen LogP contribution in [0.1, 0.15) is 6.92 Å².